The van der Waals surface area contributed by atoms with E-state index in [-0.39, 0.29) is 11.8 Å². The number of methoxy groups -OCH3 is 1. The maximum atomic E-state index is 13.1. The Kier molecular flexibility index (Phi) is 6.37. The summed E-state index contributed by atoms with van der Waals surface area (Å²) >= 11 is 6.13. The van der Waals surface area contributed by atoms with Crippen molar-refractivity contribution in [1.82, 2.24) is 10.2 Å². The number of ether oxygens (including phenoxy) is 2. The number of nitrogens with one attached hydrogen (secondary N) is 1. The summed E-state index contributed by atoms with van der Waals surface area (Å²) in [5.41, 5.74) is 1.59. The molecule has 1 fully saturated rings. The molecule has 2 aliphatic rings. The van der Waals surface area contributed by atoms with Crippen molar-refractivity contribution in [3.05, 3.63) is 58.6 Å². The average Bonchev–Trinajstić information content (AvgIpc) is 2.99. The van der Waals surface area contributed by atoms with Crippen LogP contribution in [0.3, 0.4) is 0 Å². The van der Waals surface area contributed by atoms with E-state index in [1.807, 2.05) is 41.3 Å². The third-order valence-corrected chi connectivity index (χ3v) is 6.32. The number of hydrogen-bond acceptors (Lipinski definition) is 4. The van der Waals surface area contributed by atoms with Crippen LogP contribution >= 0.6 is 11.6 Å². The Morgan fingerprint density at radius 3 is 2.94 bits per heavy atom. The summed E-state index contributed by atoms with van der Waals surface area (Å²) in [7, 11) is 1.64. The first-order valence-electron chi connectivity index (χ1n) is 10.6. The number of amides is 2. The van der Waals surface area contributed by atoms with Crippen LogP contribution in [-0.2, 0) is 22.6 Å². The molecule has 7 heteroatoms. The van der Waals surface area contributed by atoms with E-state index in [2.05, 4.69) is 5.32 Å². The highest BCUT2D eigenvalue weighted by Gasteiger charge is 2.38. The van der Waals surface area contributed by atoms with E-state index < -0.39 is 5.54 Å². The van der Waals surface area contributed by atoms with Crippen LogP contribution in [0, 0.1) is 0 Å². The zero-order valence-electron chi connectivity index (χ0n) is 17.7. The number of hydrogen-bond donors (Lipinski definition) is 1. The van der Waals surface area contributed by atoms with Crippen LogP contribution in [0.15, 0.2) is 42.5 Å². The van der Waals surface area contributed by atoms with Gasteiger partial charge in [-0.15, -0.1) is 0 Å². The van der Waals surface area contributed by atoms with Gasteiger partial charge in [-0.05, 0) is 55.2 Å². The lowest BCUT2D eigenvalue weighted by molar-refractivity contribution is -0.132. The predicted octanol–water partition coefficient (Wildman–Crippen LogP) is 3.74. The SMILES string of the molecule is COc1cccc(C[C@@]2(CCC(=O)N3CCOc4ccc(Cl)cc4C3)CCC(=O)N2)c1. The van der Waals surface area contributed by atoms with Gasteiger partial charge in [0.2, 0.25) is 11.8 Å². The summed E-state index contributed by atoms with van der Waals surface area (Å²) in [5.74, 6) is 1.66. The normalized spacial score (nSPS) is 20.5. The molecule has 2 heterocycles. The molecule has 0 unspecified atom stereocenters. The predicted molar refractivity (Wildman–Crippen MR) is 118 cm³/mol. The van der Waals surface area contributed by atoms with Gasteiger partial charge < -0.3 is 19.7 Å². The summed E-state index contributed by atoms with van der Waals surface area (Å²) in [6, 6.07) is 13.4. The van der Waals surface area contributed by atoms with Crippen molar-refractivity contribution in [3.8, 4) is 11.5 Å². The number of benzene rings is 2. The second kappa shape index (κ2) is 9.18. The van der Waals surface area contributed by atoms with Crippen molar-refractivity contribution in [2.45, 2.75) is 44.2 Å². The third kappa shape index (κ3) is 5.13. The van der Waals surface area contributed by atoms with Crippen LogP contribution in [0.1, 0.15) is 36.8 Å². The van der Waals surface area contributed by atoms with E-state index in [0.29, 0.717) is 50.4 Å². The number of carbonyl (C=O) groups is 2. The standard InChI is InChI=1S/C24H27ClN2O4/c1-30-20-4-2-3-17(13-20)15-24(9-7-22(28)26-24)10-8-23(29)27-11-12-31-21-6-5-19(25)14-18(21)16-27/h2-6,13-14H,7-12,15-16H2,1H3,(H,26,28)/t24-/m0/s1. The summed E-state index contributed by atoms with van der Waals surface area (Å²) < 4.78 is 11.1. The second-order valence-electron chi connectivity index (χ2n) is 8.27. The Morgan fingerprint density at radius 2 is 2.16 bits per heavy atom. The van der Waals surface area contributed by atoms with Crippen molar-refractivity contribution in [2.75, 3.05) is 20.3 Å². The number of rotatable bonds is 6. The molecule has 0 radical (unpaired) electrons. The van der Waals surface area contributed by atoms with E-state index in [4.69, 9.17) is 21.1 Å². The van der Waals surface area contributed by atoms with Gasteiger partial charge in [-0.1, -0.05) is 23.7 Å². The first kappa shape index (κ1) is 21.5. The van der Waals surface area contributed by atoms with Crippen LogP contribution in [0.2, 0.25) is 5.02 Å². The largest absolute Gasteiger partial charge is 0.497 e. The highest BCUT2D eigenvalue weighted by molar-refractivity contribution is 6.30. The number of halogens is 1. The minimum atomic E-state index is -0.414. The summed E-state index contributed by atoms with van der Waals surface area (Å²) in [6.07, 6.45) is 2.83. The molecule has 2 aromatic rings. The van der Waals surface area contributed by atoms with Gasteiger partial charge >= 0.3 is 0 Å². The van der Waals surface area contributed by atoms with E-state index >= 15 is 0 Å². The minimum absolute atomic E-state index is 0.0436. The molecular formula is C24H27ClN2O4. The molecule has 0 aromatic heterocycles. The molecular weight excluding hydrogens is 416 g/mol. The summed E-state index contributed by atoms with van der Waals surface area (Å²) in [4.78, 5) is 27.0. The van der Waals surface area contributed by atoms with Gasteiger partial charge in [-0.3, -0.25) is 9.59 Å². The van der Waals surface area contributed by atoms with E-state index in [1.54, 1.807) is 13.2 Å². The Morgan fingerprint density at radius 1 is 1.29 bits per heavy atom. The lowest BCUT2D eigenvalue weighted by Gasteiger charge is -2.30. The van der Waals surface area contributed by atoms with Crippen molar-refractivity contribution in [3.63, 3.8) is 0 Å². The van der Waals surface area contributed by atoms with Gasteiger partial charge in [0.1, 0.15) is 18.1 Å². The van der Waals surface area contributed by atoms with Crippen molar-refractivity contribution >= 4 is 23.4 Å². The number of fused-ring (bicyclic) bond motifs is 1. The minimum Gasteiger partial charge on any atom is -0.497 e. The van der Waals surface area contributed by atoms with Gasteiger partial charge in [-0.2, -0.15) is 0 Å². The van der Waals surface area contributed by atoms with Crippen LogP contribution in [0.5, 0.6) is 11.5 Å². The molecule has 0 bridgehead atoms. The Balaban J connectivity index is 1.44. The van der Waals surface area contributed by atoms with Crippen molar-refractivity contribution in [2.24, 2.45) is 0 Å². The van der Waals surface area contributed by atoms with Gasteiger partial charge in [0.05, 0.1) is 13.7 Å². The fraction of sp³-hybridized carbons (Fsp3) is 0.417. The second-order valence-corrected chi connectivity index (χ2v) is 8.71. The van der Waals surface area contributed by atoms with Crippen LogP contribution < -0.4 is 14.8 Å². The first-order chi connectivity index (χ1) is 15.0. The lowest BCUT2D eigenvalue weighted by Crippen LogP contribution is -2.45. The fourth-order valence-electron chi connectivity index (χ4n) is 4.44. The van der Waals surface area contributed by atoms with Gasteiger partial charge in [-0.25, -0.2) is 0 Å². The zero-order chi connectivity index (χ0) is 21.8. The average molecular weight is 443 g/mol. The molecule has 1 N–H and O–H groups in total. The monoisotopic (exact) mass is 442 g/mol. The summed E-state index contributed by atoms with van der Waals surface area (Å²) in [6.45, 7) is 1.45. The Bertz CT molecular complexity index is 980. The number of nitrogens with zero attached hydrogens (tertiary/aromatic N) is 1. The van der Waals surface area contributed by atoms with Gasteiger partial charge in [0.25, 0.3) is 0 Å². The fourth-order valence-corrected chi connectivity index (χ4v) is 4.63. The van der Waals surface area contributed by atoms with Crippen LogP contribution in [-0.4, -0.2) is 42.5 Å². The number of carbonyl (C=O) groups excluding carboxylic acids is 2. The molecule has 164 valence electrons. The van der Waals surface area contributed by atoms with E-state index in [1.165, 1.54) is 0 Å². The molecule has 6 nitrogen and oxygen atoms in total. The highest BCUT2D eigenvalue weighted by atomic mass is 35.5. The molecule has 0 aliphatic carbocycles. The molecule has 0 saturated carbocycles. The Labute approximate surface area is 187 Å². The van der Waals surface area contributed by atoms with Crippen LogP contribution in [0.25, 0.3) is 0 Å². The highest BCUT2D eigenvalue weighted by Crippen LogP contribution is 2.32. The topological polar surface area (TPSA) is 67.9 Å². The van der Waals surface area contributed by atoms with Gasteiger partial charge in [0, 0.05) is 35.5 Å². The Hall–Kier alpha value is -2.73. The lowest BCUT2D eigenvalue weighted by atomic mass is 9.84. The maximum Gasteiger partial charge on any atom is 0.223 e. The molecule has 2 aliphatic heterocycles. The molecule has 2 aromatic carbocycles. The maximum absolute atomic E-state index is 13.1. The van der Waals surface area contributed by atoms with Crippen LogP contribution in [0.4, 0.5) is 0 Å². The van der Waals surface area contributed by atoms with Gasteiger partial charge in [0.15, 0.2) is 0 Å². The smallest absolute Gasteiger partial charge is 0.223 e. The molecule has 31 heavy (non-hydrogen) atoms. The molecule has 0 spiro atoms. The van der Waals surface area contributed by atoms with E-state index in [0.717, 1.165) is 29.0 Å². The quantitative estimate of drug-likeness (QED) is 0.740. The molecule has 4 rings (SSSR count). The zero-order valence-corrected chi connectivity index (χ0v) is 18.4. The molecule has 2 amide bonds. The van der Waals surface area contributed by atoms with Crippen molar-refractivity contribution < 1.29 is 19.1 Å². The van der Waals surface area contributed by atoms with Crippen molar-refractivity contribution in [1.29, 1.82) is 0 Å². The molecule has 1 saturated heterocycles. The molecule has 1 atom stereocenters. The third-order valence-electron chi connectivity index (χ3n) is 6.08. The van der Waals surface area contributed by atoms with E-state index in [9.17, 15) is 9.59 Å². The summed E-state index contributed by atoms with van der Waals surface area (Å²) in [5, 5.41) is 3.78. The first-order valence-corrected chi connectivity index (χ1v) is 11.0.